The molecule has 5 heteroatoms. The number of ether oxygens (including phenoxy) is 1. The number of amides is 1. The summed E-state index contributed by atoms with van der Waals surface area (Å²) in [4.78, 5) is 26.7. The maximum absolute atomic E-state index is 11.7. The van der Waals surface area contributed by atoms with Crippen molar-refractivity contribution in [1.29, 1.82) is 0 Å². The number of likely N-dealkylation sites (N-methyl/N-ethyl adjacent to an activating group) is 1. The molecule has 0 bridgehead atoms. The molecule has 0 aliphatic carbocycles. The highest BCUT2D eigenvalue weighted by molar-refractivity contribution is 5.77. The molecule has 0 N–H and O–H groups in total. The number of carbonyl (C=O) groups is 2. The van der Waals surface area contributed by atoms with Crippen LogP contribution in [0.5, 0.6) is 0 Å². The fourth-order valence-electron chi connectivity index (χ4n) is 1.65. The van der Waals surface area contributed by atoms with Crippen LogP contribution in [0.3, 0.4) is 0 Å². The van der Waals surface area contributed by atoms with Crippen molar-refractivity contribution in [3.05, 3.63) is 0 Å². The van der Waals surface area contributed by atoms with Gasteiger partial charge in [0.25, 0.3) is 0 Å². The summed E-state index contributed by atoms with van der Waals surface area (Å²) in [5, 5.41) is 0. The number of hydrogen-bond donors (Lipinski definition) is 0. The molecule has 0 saturated carbocycles. The number of carbonyl (C=O) groups excluding carboxylic acids is 2. The minimum absolute atomic E-state index is 0.0212. The van der Waals surface area contributed by atoms with Crippen molar-refractivity contribution in [2.75, 3.05) is 33.8 Å². The molecule has 0 saturated heterocycles. The van der Waals surface area contributed by atoms with Gasteiger partial charge in [-0.05, 0) is 26.8 Å². The van der Waals surface area contributed by atoms with Crippen LogP contribution in [-0.2, 0) is 14.3 Å². The Kier molecular flexibility index (Phi) is 8.37. The van der Waals surface area contributed by atoms with Gasteiger partial charge in [0.05, 0.1) is 19.6 Å². The summed E-state index contributed by atoms with van der Waals surface area (Å²) in [6, 6.07) is 0.0212. The highest BCUT2D eigenvalue weighted by Gasteiger charge is 2.20. The summed E-state index contributed by atoms with van der Waals surface area (Å²) in [5.41, 5.74) is 0. The lowest BCUT2D eigenvalue weighted by Gasteiger charge is -2.28. The van der Waals surface area contributed by atoms with Crippen LogP contribution in [0.15, 0.2) is 0 Å². The van der Waals surface area contributed by atoms with Crippen LogP contribution in [0.4, 0.5) is 0 Å². The fraction of sp³-hybridized carbons (Fsp3) is 0.846. The van der Waals surface area contributed by atoms with E-state index in [-0.39, 0.29) is 17.9 Å². The van der Waals surface area contributed by atoms with Gasteiger partial charge in [0.15, 0.2) is 0 Å². The van der Waals surface area contributed by atoms with E-state index in [0.717, 1.165) is 13.0 Å². The molecule has 5 nitrogen and oxygen atoms in total. The second kappa shape index (κ2) is 8.91. The summed E-state index contributed by atoms with van der Waals surface area (Å²) >= 11 is 0. The molecule has 1 unspecified atom stereocenters. The van der Waals surface area contributed by atoms with E-state index in [1.807, 2.05) is 11.8 Å². The topological polar surface area (TPSA) is 49.9 Å². The molecule has 1 atom stereocenters. The SMILES string of the molecule is CCCN(CC(=O)N(C)C)C(C)CC(=O)OCC. The second-order valence-corrected chi connectivity index (χ2v) is 4.62. The van der Waals surface area contributed by atoms with Crippen molar-refractivity contribution in [3.63, 3.8) is 0 Å². The Morgan fingerprint density at radius 3 is 2.28 bits per heavy atom. The van der Waals surface area contributed by atoms with Crippen LogP contribution in [0.2, 0.25) is 0 Å². The van der Waals surface area contributed by atoms with Crippen molar-refractivity contribution < 1.29 is 14.3 Å². The molecular formula is C13H26N2O3. The average Bonchev–Trinajstić information content (AvgIpc) is 2.28. The lowest BCUT2D eigenvalue weighted by molar-refractivity contribution is -0.145. The van der Waals surface area contributed by atoms with Crippen molar-refractivity contribution >= 4 is 11.9 Å². The Labute approximate surface area is 110 Å². The lowest BCUT2D eigenvalue weighted by atomic mass is 10.2. The van der Waals surface area contributed by atoms with E-state index in [1.165, 1.54) is 0 Å². The minimum Gasteiger partial charge on any atom is -0.466 e. The number of hydrogen-bond acceptors (Lipinski definition) is 4. The van der Waals surface area contributed by atoms with Gasteiger partial charge < -0.3 is 9.64 Å². The van der Waals surface area contributed by atoms with Gasteiger partial charge in [-0.25, -0.2) is 0 Å². The van der Waals surface area contributed by atoms with Gasteiger partial charge in [-0.1, -0.05) is 6.92 Å². The van der Waals surface area contributed by atoms with Crippen LogP contribution >= 0.6 is 0 Å². The summed E-state index contributed by atoms with van der Waals surface area (Å²) in [7, 11) is 3.48. The summed E-state index contributed by atoms with van der Waals surface area (Å²) in [6.07, 6.45) is 1.28. The van der Waals surface area contributed by atoms with Gasteiger partial charge >= 0.3 is 5.97 Å². The zero-order valence-corrected chi connectivity index (χ0v) is 12.2. The Hall–Kier alpha value is -1.10. The third-order valence-corrected chi connectivity index (χ3v) is 2.74. The van der Waals surface area contributed by atoms with Crippen molar-refractivity contribution in [1.82, 2.24) is 9.80 Å². The zero-order valence-electron chi connectivity index (χ0n) is 12.2. The smallest absolute Gasteiger partial charge is 0.307 e. The third-order valence-electron chi connectivity index (χ3n) is 2.74. The molecule has 0 fully saturated rings. The van der Waals surface area contributed by atoms with Crippen LogP contribution in [0.1, 0.15) is 33.6 Å². The van der Waals surface area contributed by atoms with E-state index in [2.05, 4.69) is 6.92 Å². The Bertz CT molecular complexity index is 267. The Morgan fingerprint density at radius 1 is 1.22 bits per heavy atom. The molecular weight excluding hydrogens is 232 g/mol. The molecule has 0 spiro atoms. The van der Waals surface area contributed by atoms with Gasteiger partial charge in [0, 0.05) is 20.1 Å². The number of nitrogens with zero attached hydrogens (tertiary/aromatic N) is 2. The monoisotopic (exact) mass is 258 g/mol. The molecule has 18 heavy (non-hydrogen) atoms. The van der Waals surface area contributed by atoms with Crippen LogP contribution in [0, 0.1) is 0 Å². The Morgan fingerprint density at radius 2 is 1.83 bits per heavy atom. The van der Waals surface area contributed by atoms with Gasteiger partial charge in [-0.15, -0.1) is 0 Å². The van der Waals surface area contributed by atoms with E-state index >= 15 is 0 Å². The quantitative estimate of drug-likeness (QED) is 0.612. The third kappa shape index (κ3) is 6.59. The van der Waals surface area contributed by atoms with Crippen molar-refractivity contribution in [2.24, 2.45) is 0 Å². The van der Waals surface area contributed by atoms with Crippen LogP contribution < -0.4 is 0 Å². The first-order valence-electron chi connectivity index (χ1n) is 6.52. The molecule has 0 radical (unpaired) electrons. The van der Waals surface area contributed by atoms with E-state index < -0.39 is 0 Å². The van der Waals surface area contributed by atoms with Gasteiger partial charge in [0.1, 0.15) is 0 Å². The molecule has 1 amide bonds. The molecule has 0 aliphatic rings. The standard InChI is InChI=1S/C13H26N2O3/c1-6-8-15(10-12(16)14(4)5)11(3)9-13(17)18-7-2/h11H,6-10H2,1-5H3. The van der Waals surface area contributed by atoms with Crippen molar-refractivity contribution in [2.45, 2.75) is 39.7 Å². The zero-order chi connectivity index (χ0) is 14.1. The summed E-state index contributed by atoms with van der Waals surface area (Å²) in [5.74, 6) is -0.150. The molecule has 106 valence electrons. The van der Waals surface area contributed by atoms with Crippen molar-refractivity contribution in [3.8, 4) is 0 Å². The maximum atomic E-state index is 11.7. The van der Waals surface area contributed by atoms with E-state index in [0.29, 0.717) is 19.6 Å². The average molecular weight is 258 g/mol. The van der Waals surface area contributed by atoms with Crippen LogP contribution in [-0.4, -0.2) is 61.5 Å². The summed E-state index contributed by atoms with van der Waals surface area (Å²) in [6.45, 7) is 7.36. The van der Waals surface area contributed by atoms with Gasteiger partial charge in [-0.2, -0.15) is 0 Å². The van der Waals surface area contributed by atoms with Gasteiger partial charge in [-0.3, -0.25) is 14.5 Å². The molecule has 0 aromatic rings. The highest BCUT2D eigenvalue weighted by Crippen LogP contribution is 2.06. The first-order chi connectivity index (χ1) is 8.42. The second-order valence-electron chi connectivity index (χ2n) is 4.62. The van der Waals surface area contributed by atoms with E-state index in [1.54, 1.807) is 25.9 Å². The molecule has 0 aromatic carbocycles. The Balaban J connectivity index is 4.39. The molecule has 0 aromatic heterocycles. The molecule has 0 heterocycles. The van der Waals surface area contributed by atoms with Crippen LogP contribution in [0.25, 0.3) is 0 Å². The maximum Gasteiger partial charge on any atom is 0.307 e. The first kappa shape index (κ1) is 16.9. The van der Waals surface area contributed by atoms with E-state index in [9.17, 15) is 9.59 Å². The molecule has 0 rings (SSSR count). The predicted molar refractivity (Wildman–Crippen MR) is 71.3 cm³/mol. The molecule has 0 aliphatic heterocycles. The minimum atomic E-state index is -0.205. The number of rotatable bonds is 8. The van der Waals surface area contributed by atoms with E-state index in [4.69, 9.17) is 4.74 Å². The number of esters is 1. The van der Waals surface area contributed by atoms with Gasteiger partial charge in [0.2, 0.25) is 5.91 Å². The summed E-state index contributed by atoms with van der Waals surface area (Å²) < 4.78 is 4.93. The lowest BCUT2D eigenvalue weighted by Crippen LogP contribution is -2.42. The fourth-order valence-corrected chi connectivity index (χ4v) is 1.65. The normalized spacial score (nSPS) is 12.3. The largest absolute Gasteiger partial charge is 0.466 e. The predicted octanol–water partition coefficient (Wildman–Crippen LogP) is 1.13. The first-order valence-corrected chi connectivity index (χ1v) is 6.52. The highest BCUT2D eigenvalue weighted by atomic mass is 16.5.